The lowest BCUT2D eigenvalue weighted by Crippen LogP contribution is -2.12. The molecule has 0 radical (unpaired) electrons. The predicted molar refractivity (Wildman–Crippen MR) is 75.3 cm³/mol. The van der Waals surface area contributed by atoms with Crippen LogP contribution < -0.4 is 5.73 Å². The zero-order valence-electron chi connectivity index (χ0n) is 10.5. The van der Waals surface area contributed by atoms with Gasteiger partial charge in [-0.2, -0.15) is 0 Å². The number of nitrogen functional groups attached to an aromatic ring is 1. The normalized spacial score (nSPS) is 31.0. The zero-order valence-corrected chi connectivity index (χ0v) is 11.3. The second-order valence-electron chi connectivity index (χ2n) is 5.77. The second-order valence-corrected chi connectivity index (χ2v) is 6.83. The van der Waals surface area contributed by atoms with Crippen LogP contribution >= 0.6 is 11.8 Å². The third-order valence-corrected chi connectivity index (χ3v) is 5.90. The van der Waals surface area contributed by atoms with Crippen molar-refractivity contribution in [3.8, 4) is 0 Å². The van der Waals surface area contributed by atoms with Gasteiger partial charge in [0.05, 0.1) is 0 Å². The molecule has 92 valence electrons. The first-order valence-corrected chi connectivity index (χ1v) is 7.70. The summed E-state index contributed by atoms with van der Waals surface area (Å²) in [6, 6.07) is 6.29. The Morgan fingerprint density at radius 2 is 2.18 bits per heavy atom. The van der Waals surface area contributed by atoms with Crippen LogP contribution in [0.5, 0.6) is 0 Å². The predicted octanol–water partition coefficient (Wildman–Crippen LogP) is 4.11. The molecule has 17 heavy (non-hydrogen) atoms. The zero-order chi connectivity index (χ0) is 11.8. The van der Waals surface area contributed by atoms with E-state index in [9.17, 15) is 0 Å². The number of anilines is 1. The molecule has 0 amide bonds. The van der Waals surface area contributed by atoms with Crippen LogP contribution in [0.2, 0.25) is 0 Å². The minimum absolute atomic E-state index is 0.881. The smallest absolute Gasteiger partial charge is 0.0317 e. The van der Waals surface area contributed by atoms with E-state index in [1.165, 1.54) is 41.9 Å². The van der Waals surface area contributed by atoms with E-state index in [2.05, 4.69) is 19.1 Å². The first-order valence-electron chi connectivity index (χ1n) is 6.71. The molecule has 0 saturated heterocycles. The molecule has 2 aliphatic rings. The molecule has 1 nitrogen and oxygen atoms in total. The number of hydrogen-bond acceptors (Lipinski definition) is 2. The Labute approximate surface area is 108 Å². The van der Waals surface area contributed by atoms with Gasteiger partial charge in [-0.15, -0.1) is 11.8 Å². The Morgan fingerprint density at radius 3 is 2.82 bits per heavy atom. The fourth-order valence-electron chi connectivity index (χ4n) is 3.61. The Kier molecular flexibility index (Phi) is 3.08. The van der Waals surface area contributed by atoms with E-state index in [0.29, 0.717) is 0 Å². The van der Waals surface area contributed by atoms with Gasteiger partial charge in [-0.05, 0) is 67.7 Å². The fraction of sp³-hybridized carbons (Fsp3) is 0.600. The molecule has 0 aromatic heterocycles. The van der Waals surface area contributed by atoms with Gasteiger partial charge in [-0.3, -0.25) is 0 Å². The van der Waals surface area contributed by atoms with Crippen molar-refractivity contribution in [2.75, 3.05) is 11.5 Å². The lowest BCUT2D eigenvalue weighted by Gasteiger charge is -2.21. The molecule has 0 spiro atoms. The molecule has 1 aromatic rings. The lowest BCUT2D eigenvalue weighted by atomic mass is 9.90. The molecule has 2 aliphatic carbocycles. The van der Waals surface area contributed by atoms with Crippen LogP contribution in [-0.2, 0) is 0 Å². The van der Waals surface area contributed by atoms with Crippen LogP contribution in [0.4, 0.5) is 5.69 Å². The van der Waals surface area contributed by atoms with Crippen LogP contribution in [0.1, 0.15) is 31.2 Å². The van der Waals surface area contributed by atoms with Crippen molar-refractivity contribution in [1.29, 1.82) is 0 Å². The van der Waals surface area contributed by atoms with E-state index in [0.717, 1.165) is 23.4 Å². The molecule has 2 heteroatoms. The van der Waals surface area contributed by atoms with Crippen molar-refractivity contribution in [3.63, 3.8) is 0 Å². The maximum absolute atomic E-state index is 5.79. The number of aryl methyl sites for hydroxylation is 1. The summed E-state index contributed by atoms with van der Waals surface area (Å²) in [4.78, 5) is 1.42. The summed E-state index contributed by atoms with van der Waals surface area (Å²) in [5.41, 5.74) is 8.00. The highest BCUT2D eigenvalue weighted by Crippen LogP contribution is 2.49. The van der Waals surface area contributed by atoms with E-state index in [-0.39, 0.29) is 0 Å². The lowest BCUT2D eigenvalue weighted by molar-refractivity contribution is 0.365. The maximum atomic E-state index is 5.79. The van der Waals surface area contributed by atoms with Gasteiger partial charge in [0.2, 0.25) is 0 Å². The van der Waals surface area contributed by atoms with Gasteiger partial charge in [0.15, 0.2) is 0 Å². The SMILES string of the molecule is Cc1cc(N)ccc1SCC1CC2CCC1C2. The standard InChI is InChI=1S/C15H21NS/c1-10-6-14(16)4-5-15(10)17-9-13-8-11-2-3-12(13)7-11/h4-6,11-13H,2-3,7-9,16H2,1H3. The van der Waals surface area contributed by atoms with Crippen LogP contribution in [0.25, 0.3) is 0 Å². The van der Waals surface area contributed by atoms with Crippen molar-refractivity contribution in [2.24, 2.45) is 17.8 Å². The van der Waals surface area contributed by atoms with Gasteiger partial charge in [-0.1, -0.05) is 6.42 Å². The van der Waals surface area contributed by atoms with E-state index in [1.807, 2.05) is 17.8 Å². The topological polar surface area (TPSA) is 26.0 Å². The summed E-state index contributed by atoms with van der Waals surface area (Å²) in [6.45, 7) is 2.17. The van der Waals surface area contributed by atoms with E-state index < -0.39 is 0 Å². The van der Waals surface area contributed by atoms with Crippen LogP contribution in [0.15, 0.2) is 23.1 Å². The molecule has 2 fully saturated rings. The Hall–Kier alpha value is -0.630. The van der Waals surface area contributed by atoms with Crippen molar-refractivity contribution in [2.45, 2.75) is 37.5 Å². The number of benzene rings is 1. The number of hydrogen-bond donors (Lipinski definition) is 1. The van der Waals surface area contributed by atoms with Crippen molar-refractivity contribution in [1.82, 2.24) is 0 Å². The van der Waals surface area contributed by atoms with E-state index >= 15 is 0 Å². The first-order chi connectivity index (χ1) is 8.22. The van der Waals surface area contributed by atoms with Gasteiger partial charge in [-0.25, -0.2) is 0 Å². The largest absolute Gasteiger partial charge is 0.399 e. The molecule has 0 heterocycles. The average Bonchev–Trinajstić information content (AvgIpc) is 2.89. The molecular weight excluding hydrogens is 226 g/mol. The maximum Gasteiger partial charge on any atom is 0.0317 e. The van der Waals surface area contributed by atoms with Crippen LogP contribution in [0.3, 0.4) is 0 Å². The third-order valence-electron chi connectivity index (χ3n) is 4.54. The average molecular weight is 247 g/mol. The molecule has 2 bridgehead atoms. The summed E-state index contributed by atoms with van der Waals surface area (Å²) in [6.07, 6.45) is 6.01. The summed E-state index contributed by atoms with van der Waals surface area (Å²) >= 11 is 2.04. The molecule has 2 saturated carbocycles. The number of rotatable bonds is 3. The monoisotopic (exact) mass is 247 g/mol. The summed E-state index contributed by atoms with van der Waals surface area (Å²) in [5, 5.41) is 0. The second kappa shape index (κ2) is 4.56. The van der Waals surface area contributed by atoms with Crippen molar-refractivity contribution >= 4 is 17.4 Å². The fourth-order valence-corrected chi connectivity index (χ4v) is 4.86. The highest BCUT2D eigenvalue weighted by Gasteiger charge is 2.39. The minimum atomic E-state index is 0.881. The molecule has 3 atom stereocenters. The van der Waals surface area contributed by atoms with Gasteiger partial charge in [0.1, 0.15) is 0 Å². The summed E-state index contributed by atoms with van der Waals surface area (Å²) in [7, 11) is 0. The van der Waals surface area contributed by atoms with Crippen LogP contribution in [0, 0.1) is 24.7 Å². The quantitative estimate of drug-likeness (QED) is 0.642. The van der Waals surface area contributed by atoms with Crippen molar-refractivity contribution < 1.29 is 0 Å². The van der Waals surface area contributed by atoms with Gasteiger partial charge in [0.25, 0.3) is 0 Å². The van der Waals surface area contributed by atoms with Gasteiger partial charge >= 0.3 is 0 Å². The molecule has 1 aromatic carbocycles. The first kappa shape index (κ1) is 11.5. The highest BCUT2D eigenvalue weighted by molar-refractivity contribution is 7.99. The number of thioether (sulfide) groups is 1. The third kappa shape index (κ3) is 2.33. The number of fused-ring (bicyclic) bond motifs is 2. The Balaban J connectivity index is 1.60. The summed E-state index contributed by atoms with van der Waals surface area (Å²) < 4.78 is 0. The molecule has 0 aliphatic heterocycles. The molecule has 3 unspecified atom stereocenters. The van der Waals surface area contributed by atoms with Gasteiger partial charge < -0.3 is 5.73 Å². The van der Waals surface area contributed by atoms with E-state index in [1.54, 1.807) is 0 Å². The van der Waals surface area contributed by atoms with E-state index in [4.69, 9.17) is 5.73 Å². The van der Waals surface area contributed by atoms with Gasteiger partial charge in [0, 0.05) is 16.3 Å². The Morgan fingerprint density at radius 1 is 1.29 bits per heavy atom. The highest BCUT2D eigenvalue weighted by atomic mass is 32.2. The van der Waals surface area contributed by atoms with Crippen LogP contribution in [-0.4, -0.2) is 5.75 Å². The van der Waals surface area contributed by atoms with Crippen molar-refractivity contribution in [3.05, 3.63) is 23.8 Å². The Bertz CT molecular complexity index is 415. The molecule has 3 rings (SSSR count). The molecular formula is C15H21NS. The number of nitrogens with two attached hydrogens (primary N) is 1. The summed E-state index contributed by atoms with van der Waals surface area (Å²) in [5.74, 6) is 4.40. The minimum Gasteiger partial charge on any atom is -0.399 e. The molecule has 2 N–H and O–H groups in total.